The van der Waals surface area contributed by atoms with Gasteiger partial charge in [-0.15, -0.1) is 0 Å². The van der Waals surface area contributed by atoms with Gasteiger partial charge in [-0.05, 0) is 24.3 Å². The average molecular weight is 383 g/mol. The highest BCUT2D eigenvalue weighted by molar-refractivity contribution is 6.70. The van der Waals surface area contributed by atoms with Crippen LogP contribution < -0.4 is 9.64 Å². The van der Waals surface area contributed by atoms with Crippen molar-refractivity contribution in [1.82, 2.24) is 9.80 Å². The standard InChI is InChI=1S/C19H23N6O3/c1-22-17-16(18(26)23(2)19(22)27)20-15(21-17)12-24-8-10-25(11-9-24)13-4-6-14(28-3)7-5-13/h4-7H,8-12H2,1-3H3/q+1. The lowest BCUT2D eigenvalue weighted by molar-refractivity contribution is -0.401. The minimum absolute atomic E-state index is 0.247. The van der Waals surface area contributed by atoms with Gasteiger partial charge in [-0.3, -0.25) is 4.90 Å². The van der Waals surface area contributed by atoms with Gasteiger partial charge in [0.25, 0.3) is 0 Å². The summed E-state index contributed by atoms with van der Waals surface area (Å²) in [5.74, 6) is 1.37. The first-order valence-corrected chi connectivity index (χ1v) is 9.18. The van der Waals surface area contributed by atoms with Gasteiger partial charge < -0.3 is 9.64 Å². The van der Waals surface area contributed by atoms with E-state index >= 15 is 0 Å². The third kappa shape index (κ3) is 3.18. The minimum atomic E-state index is -0.402. The average Bonchev–Trinajstić information content (AvgIpc) is 3.15. The van der Waals surface area contributed by atoms with E-state index in [1.54, 1.807) is 14.2 Å². The van der Waals surface area contributed by atoms with Crippen LogP contribution in [-0.4, -0.2) is 97.6 Å². The Morgan fingerprint density at radius 3 is 2.39 bits per heavy atom. The van der Waals surface area contributed by atoms with Crippen molar-refractivity contribution in [2.45, 2.75) is 0 Å². The summed E-state index contributed by atoms with van der Waals surface area (Å²) in [5.41, 5.74) is 1.42. The fourth-order valence-corrected chi connectivity index (χ4v) is 3.55. The second kappa shape index (κ2) is 7.16. The maximum Gasteiger partial charge on any atom is 0.446 e. The lowest BCUT2D eigenvalue weighted by atomic mass is 10.2. The molecule has 1 fully saturated rings. The number of piperazine rings is 1. The second-order valence-electron chi connectivity index (χ2n) is 6.98. The number of carbonyl (C=O) groups excluding carboxylic acids is 2. The summed E-state index contributed by atoms with van der Waals surface area (Å²) in [7, 11) is 4.73. The molecule has 28 heavy (non-hydrogen) atoms. The zero-order valence-corrected chi connectivity index (χ0v) is 16.3. The maximum absolute atomic E-state index is 12.3. The number of carbonyl (C=O) groups is 2. The van der Waals surface area contributed by atoms with Crippen LogP contribution in [0.25, 0.3) is 0 Å². The summed E-state index contributed by atoms with van der Waals surface area (Å²) >= 11 is 0. The topological polar surface area (TPSA) is 80.8 Å². The van der Waals surface area contributed by atoms with E-state index in [1.807, 2.05) is 12.1 Å². The number of hydrogen-bond donors (Lipinski definition) is 0. The van der Waals surface area contributed by atoms with Crippen molar-refractivity contribution >= 4 is 35.0 Å². The van der Waals surface area contributed by atoms with Gasteiger partial charge >= 0.3 is 17.8 Å². The fourth-order valence-electron chi connectivity index (χ4n) is 3.55. The number of aliphatic imine (C=N–C) groups is 2. The molecule has 0 unspecified atom stereocenters. The molecule has 3 aliphatic rings. The van der Waals surface area contributed by atoms with E-state index in [2.05, 4.69) is 31.9 Å². The number of rotatable bonds is 4. The predicted molar refractivity (Wildman–Crippen MR) is 106 cm³/mol. The molecule has 1 aromatic rings. The highest BCUT2D eigenvalue weighted by Gasteiger charge is 2.44. The molecular weight excluding hydrogens is 360 g/mol. The summed E-state index contributed by atoms with van der Waals surface area (Å²) in [4.78, 5) is 38.8. The molecule has 0 bridgehead atoms. The Morgan fingerprint density at radius 1 is 1.07 bits per heavy atom. The SMILES string of the molecule is COc1ccc(N2CCN(CC3=NC4=[N+](C)C(=O)N(C)C(=O)C4=N3)CC2)cc1. The fraction of sp³-hybridized carbons (Fsp3) is 0.421. The lowest BCUT2D eigenvalue weighted by Gasteiger charge is -2.35. The molecule has 4 rings (SSSR count). The molecule has 3 amide bonds. The number of hydrogen-bond acceptors (Lipinski definition) is 7. The molecule has 1 saturated heterocycles. The number of anilines is 1. The van der Waals surface area contributed by atoms with E-state index in [-0.39, 0.29) is 5.71 Å². The zero-order valence-electron chi connectivity index (χ0n) is 16.3. The van der Waals surface area contributed by atoms with Crippen LogP contribution in [0.4, 0.5) is 10.5 Å². The van der Waals surface area contributed by atoms with Crippen LogP contribution in [0.1, 0.15) is 0 Å². The summed E-state index contributed by atoms with van der Waals surface area (Å²) in [6.45, 7) is 4.09. The number of ether oxygens (including phenoxy) is 1. The Kier molecular flexibility index (Phi) is 4.68. The number of fused-ring (bicyclic) bond motifs is 1. The Morgan fingerprint density at radius 2 is 1.75 bits per heavy atom. The van der Waals surface area contributed by atoms with Crippen molar-refractivity contribution in [3.63, 3.8) is 0 Å². The van der Waals surface area contributed by atoms with Crippen LogP contribution in [-0.2, 0) is 4.79 Å². The molecule has 1 aromatic carbocycles. The van der Waals surface area contributed by atoms with E-state index in [9.17, 15) is 9.59 Å². The second-order valence-corrected chi connectivity index (χ2v) is 6.98. The lowest BCUT2D eigenvalue weighted by Crippen LogP contribution is -2.51. The number of amidine groups is 2. The highest BCUT2D eigenvalue weighted by Crippen LogP contribution is 2.20. The Labute approximate surface area is 163 Å². The van der Waals surface area contributed by atoms with Gasteiger partial charge in [-0.1, -0.05) is 4.99 Å². The molecule has 3 heterocycles. The molecule has 0 aromatic heterocycles. The van der Waals surface area contributed by atoms with Crippen LogP contribution in [0.5, 0.6) is 5.75 Å². The molecule has 3 aliphatic heterocycles. The molecule has 0 atom stereocenters. The number of methoxy groups -OCH3 is 1. The molecular formula is C19H23N6O3+. The van der Waals surface area contributed by atoms with E-state index in [4.69, 9.17) is 4.74 Å². The molecule has 0 aliphatic carbocycles. The third-order valence-electron chi connectivity index (χ3n) is 5.26. The Bertz CT molecular complexity index is 910. The molecule has 146 valence electrons. The third-order valence-corrected chi connectivity index (χ3v) is 5.26. The quantitative estimate of drug-likeness (QED) is 0.699. The summed E-state index contributed by atoms with van der Waals surface area (Å²) in [6, 6.07) is 7.68. The van der Waals surface area contributed by atoms with Crippen molar-refractivity contribution < 1.29 is 18.9 Å². The normalized spacial score (nSPS) is 20.4. The smallest absolute Gasteiger partial charge is 0.446 e. The van der Waals surface area contributed by atoms with E-state index < -0.39 is 11.9 Å². The zero-order chi connectivity index (χ0) is 19.8. The molecule has 9 heteroatoms. The van der Waals surface area contributed by atoms with E-state index in [1.165, 1.54) is 17.3 Å². The highest BCUT2D eigenvalue weighted by atomic mass is 16.5. The van der Waals surface area contributed by atoms with Crippen LogP contribution in [0.3, 0.4) is 0 Å². The number of amides is 3. The molecule has 0 N–H and O–H groups in total. The van der Waals surface area contributed by atoms with Gasteiger partial charge in [0.1, 0.15) is 5.75 Å². The van der Waals surface area contributed by atoms with Crippen LogP contribution in [0.2, 0.25) is 0 Å². The first-order chi connectivity index (χ1) is 13.5. The van der Waals surface area contributed by atoms with Crippen LogP contribution in [0, 0.1) is 0 Å². The number of nitrogens with zero attached hydrogens (tertiary/aromatic N) is 6. The van der Waals surface area contributed by atoms with Gasteiger partial charge in [0.15, 0.2) is 0 Å². The first kappa shape index (κ1) is 18.3. The molecule has 0 saturated carbocycles. The van der Waals surface area contributed by atoms with Crippen LogP contribution >= 0.6 is 0 Å². The van der Waals surface area contributed by atoms with Crippen molar-refractivity contribution in [2.75, 3.05) is 58.8 Å². The largest absolute Gasteiger partial charge is 0.497 e. The van der Waals surface area contributed by atoms with Gasteiger partial charge in [-0.2, -0.15) is 9.48 Å². The first-order valence-electron chi connectivity index (χ1n) is 9.18. The molecule has 0 spiro atoms. The number of imide groups is 1. The van der Waals surface area contributed by atoms with Gasteiger partial charge in [0, 0.05) is 31.9 Å². The van der Waals surface area contributed by atoms with Crippen molar-refractivity contribution in [2.24, 2.45) is 9.98 Å². The summed E-state index contributed by atoms with van der Waals surface area (Å²) in [5, 5.41) is 0. The minimum Gasteiger partial charge on any atom is -0.497 e. The molecule has 0 radical (unpaired) electrons. The summed E-state index contributed by atoms with van der Waals surface area (Å²) < 4.78 is 6.58. The molecule has 9 nitrogen and oxygen atoms in total. The van der Waals surface area contributed by atoms with E-state index in [0.717, 1.165) is 36.8 Å². The van der Waals surface area contributed by atoms with E-state index in [0.29, 0.717) is 18.2 Å². The van der Waals surface area contributed by atoms with Crippen molar-refractivity contribution in [1.29, 1.82) is 0 Å². The van der Waals surface area contributed by atoms with Crippen molar-refractivity contribution in [3.8, 4) is 5.75 Å². The maximum atomic E-state index is 12.3. The van der Waals surface area contributed by atoms with Gasteiger partial charge in [0.05, 0.1) is 27.7 Å². The Hall–Kier alpha value is -3.07. The number of benzene rings is 1. The summed E-state index contributed by atoms with van der Waals surface area (Å²) in [6.07, 6.45) is 0. The Balaban J connectivity index is 1.40. The van der Waals surface area contributed by atoms with Gasteiger partial charge in [0.2, 0.25) is 11.5 Å². The predicted octanol–water partition coefficient (Wildman–Crippen LogP) is 0.303. The monoisotopic (exact) mass is 383 g/mol. The van der Waals surface area contributed by atoms with Crippen LogP contribution in [0.15, 0.2) is 34.3 Å². The van der Waals surface area contributed by atoms with Crippen molar-refractivity contribution in [3.05, 3.63) is 24.3 Å². The van der Waals surface area contributed by atoms with Gasteiger partial charge in [-0.25, -0.2) is 14.6 Å². The number of urea groups is 1.